The van der Waals surface area contributed by atoms with Gasteiger partial charge in [0.2, 0.25) is 10.0 Å². The van der Waals surface area contributed by atoms with Crippen molar-refractivity contribution >= 4 is 39.8 Å². The predicted molar refractivity (Wildman–Crippen MR) is 175 cm³/mol. The second kappa shape index (κ2) is 20.6. The fraction of sp³-hybridized carbons (Fsp3) is 0.500. The smallest absolute Gasteiger partial charge is 0.331 e. The number of thiazole rings is 1. The van der Waals surface area contributed by atoms with Crippen molar-refractivity contribution in [3.05, 3.63) is 75.3 Å². The Bertz CT molecular complexity index is 1370. The summed E-state index contributed by atoms with van der Waals surface area (Å²) in [5.74, 6) is -1.08. The third-order valence-electron chi connectivity index (χ3n) is 6.19. The van der Waals surface area contributed by atoms with Crippen LogP contribution in [0.4, 0.5) is 0 Å². The molecule has 0 aromatic carbocycles. The normalized spacial score (nSPS) is 23.4. The summed E-state index contributed by atoms with van der Waals surface area (Å²) in [7, 11) is 0.427. The number of nitrogens with zero attached hydrogens (tertiary/aromatic N) is 2. The van der Waals surface area contributed by atoms with Crippen molar-refractivity contribution < 1.29 is 37.4 Å². The molecule has 1 aliphatic rings. The van der Waals surface area contributed by atoms with Crippen LogP contribution < -0.4 is 9.83 Å². The Kier molecular flexibility index (Phi) is 18.1. The van der Waals surface area contributed by atoms with E-state index in [2.05, 4.69) is 15.7 Å². The van der Waals surface area contributed by atoms with Crippen LogP contribution in [0.3, 0.4) is 0 Å². The van der Waals surface area contributed by atoms with Gasteiger partial charge in [-0.2, -0.15) is 0 Å². The number of fused-ring (bicyclic) bond motifs is 2. The fourth-order valence-electron chi connectivity index (χ4n) is 4.16. The van der Waals surface area contributed by atoms with E-state index in [0.717, 1.165) is 40.2 Å². The lowest BCUT2D eigenvalue weighted by Gasteiger charge is -2.20. The molecule has 250 valence electrons. The summed E-state index contributed by atoms with van der Waals surface area (Å²) in [6.45, 7) is 7.98. The zero-order valence-corrected chi connectivity index (χ0v) is 28.8. The summed E-state index contributed by atoms with van der Waals surface area (Å²) >= 11 is 1.48. The first-order valence-corrected chi connectivity index (χ1v) is 17.3. The highest BCUT2D eigenvalue weighted by molar-refractivity contribution is 7.88. The highest BCUT2D eigenvalue weighted by Crippen LogP contribution is 2.19. The summed E-state index contributed by atoms with van der Waals surface area (Å²) < 4.78 is 37.6. The molecule has 3 atom stereocenters. The van der Waals surface area contributed by atoms with Crippen molar-refractivity contribution in [3.8, 4) is 0 Å². The average molecular weight is 665 g/mol. The van der Waals surface area contributed by atoms with E-state index < -0.39 is 46.7 Å². The molecule has 45 heavy (non-hydrogen) atoms. The average Bonchev–Trinajstić information content (AvgIpc) is 3.36. The molecule has 0 amide bonds. The zero-order chi connectivity index (χ0) is 34.0. The molecule has 1 aromatic rings. The highest BCUT2D eigenvalue weighted by Gasteiger charge is 2.25. The number of hydrogen-bond donors (Lipinski definition) is 1. The van der Waals surface area contributed by atoms with Gasteiger partial charge in [0.25, 0.3) is 0 Å². The Hall–Kier alpha value is -3.39. The third-order valence-corrected chi connectivity index (χ3v) is 7.82. The molecule has 2 heterocycles. The number of nitrogens with one attached hydrogen (secondary N) is 1. The number of rotatable bonds is 7. The van der Waals surface area contributed by atoms with E-state index in [1.807, 2.05) is 58.5 Å². The summed E-state index contributed by atoms with van der Waals surface area (Å²) in [5, 5.41) is 11.0. The molecule has 13 heteroatoms. The summed E-state index contributed by atoms with van der Waals surface area (Å²) in [4.78, 5) is 40.6. The molecule has 1 aromatic heterocycles. The molecule has 0 spiro atoms. The minimum atomic E-state index is -3.61. The number of aryl methyl sites for hydroxylation is 1. The van der Waals surface area contributed by atoms with Crippen LogP contribution in [0.1, 0.15) is 57.7 Å². The van der Waals surface area contributed by atoms with Crippen LogP contribution in [0, 0.1) is 0 Å². The molecule has 0 aliphatic carbocycles. The zero-order valence-electron chi connectivity index (χ0n) is 27.1. The van der Waals surface area contributed by atoms with Gasteiger partial charge in [-0.25, -0.2) is 22.9 Å². The van der Waals surface area contributed by atoms with Gasteiger partial charge in [-0.3, -0.25) is 4.79 Å². The Labute approximate surface area is 271 Å². The van der Waals surface area contributed by atoms with E-state index in [1.54, 1.807) is 19.1 Å². The van der Waals surface area contributed by atoms with Crippen molar-refractivity contribution in [3.63, 3.8) is 0 Å². The van der Waals surface area contributed by atoms with E-state index in [4.69, 9.17) is 24.4 Å². The first-order chi connectivity index (χ1) is 21.1. The number of esters is 2. The molecule has 0 fully saturated rings. The molecule has 0 radical (unpaired) electrons. The van der Waals surface area contributed by atoms with Crippen LogP contribution in [0.25, 0.3) is 0 Å². The van der Waals surface area contributed by atoms with Gasteiger partial charge in [-0.1, -0.05) is 47.1 Å². The number of carbonyl (C=O) groups excluding carboxylic acids is 3. The van der Waals surface area contributed by atoms with Crippen LogP contribution in [0.2, 0.25) is 0 Å². The number of allylic oxidation sites excluding steroid dienone is 6. The second-order valence-corrected chi connectivity index (χ2v) is 13.8. The van der Waals surface area contributed by atoms with E-state index in [0.29, 0.717) is 25.7 Å². The molecule has 1 aliphatic heterocycles. The van der Waals surface area contributed by atoms with Crippen molar-refractivity contribution in [2.24, 2.45) is 0 Å². The number of carbonyl (C=O) groups is 3. The van der Waals surface area contributed by atoms with Crippen LogP contribution in [0.15, 0.2) is 64.6 Å². The molecule has 2 rings (SSSR count). The van der Waals surface area contributed by atoms with Crippen molar-refractivity contribution in [2.75, 3.05) is 26.9 Å². The number of ether oxygens (including phenoxy) is 2. The first kappa shape index (κ1) is 39.6. The topological polar surface area (TPSA) is 155 Å². The number of aromatic nitrogens is 1. The summed E-state index contributed by atoms with van der Waals surface area (Å²) in [6, 6.07) is -0.982. The molecular weight excluding hydrogens is 618 g/mol. The monoisotopic (exact) mass is 664 g/mol. The van der Waals surface area contributed by atoms with Gasteiger partial charge in [-0.15, -0.1) is 11.3 Å². The van der Waals surface area contributed by atoms with Crippen molar-refractivity contribution in [1.82, 2.24) is 14.6 Å². The third kappa shape index (κ3) is 18.9. The van der Waals surface area contributed by atoms with Crippen molar-refractivity contribution in [1.29, 1.82) is 0 Å². The highest BCUT2D eigenvalue weighted by atomic mass is 32.2. The number of likely N-dealkylation sites (N-methyl/N-ethyl adjacent to an activating group) is 1. The van der Waals surface area contributed by atoms with Gasteiger partial charge in [0, 0.05) is 37.3 Å². The van der Waals surface area contributed by atoms with Gasteiger partial charge in [0.1, 0.15) is 18.2 Å². The lowest BCUT2D eigenvalue weighted by Crippen LogP contribution is -2.42. The second-order valence-electron chi connectivity index (χ2n) is 11.1. The SMILES string of the molecule is CC(/C=C/C(C)=C/[C@@H]1Cc2nc(cs2)CCC[C@H](NS(C)(=O)=O)C(=O)O[C@@H](C)C/C(C)=C/C=C\C(=O)O1)=C\CN(C)C.O=C[O-]. The Morgan fingerprint density at radius 3 is 2.49 bits per heavy atom. The quantitative estimate of drug-likeness (QED) is 0.261. The maximum absolute atomic E-state index is 12.8. The maximum Gasteiger partial charge on any atom is 0.331 e. The van der Waals surface area contributed by atoms with Crippen molar-refractivity contribution in [2.45, 2.75) is 78.0 Å². The largest absolute Gasteiger partial charge is 0.554 e. The van der Waals surface area contributed by atoms with Crippen LogP contribution in [-0.2, 0) is 46.7 Å². The van der Waals surface area contributed by atoms with Crippen LogP contribution in [0.5, 0.6) is 0 Å². The summed E-state index contributed by atoms with van der Waals surface area (Å²) in [5.41, 5.74) is 3.82. The number of sulfonamides is 1. The Balaban J connectivity index is 0.00000324. The van der Waals surface area contributed by atoms with Gasteiger partial charge < -0.3 is 24.3 Å². The van der Waals surface area contributed by atoms with Gasteiger partial charge in [-0.05, 0) is 67.1 Å². The summed E-state index contributed by atoms with van der Waals surface area (Å²) in [6.07, 6.45) is 15.1. The molecule has 2 bridgehead atoms. The minimum absolute atomic E-state index is 0.278. The molecule has 11 nitrogen and oxygen atoms in total. The van der Waals surface area contributed by atoms with E-state index in [-0.39, 0.29) is 6.42 Å². The first-order valence-electron chi connectivity index (χ1n) is 14.5. The molecule has 1 N–H and O–H groups in total. The van der Waals surface area contributed by atoms with Crippen LogP contribution in [-0.4, -0.2) is 81.9 Å². The Morgan fingerprint density at radius 2 is 1.84 bits per heavy atom. The number of hydrogen-bond acceptors (Lipinski definition) is 11. The predicted octanol–water partition coefficient (Wildman–Crippen LogP) is 3.05. The van der Waals surface area contributed by atoms with Crippen LogP contribution >= 0.6 is 11.3 Å². The van der Waals surface area contributed by atoms with E-state index in [9.17, 15) is 18.0 Å². The lowest BCUT2D eigenvalue weighted by molar-refractivity contribution is -0.283. The van der Waals surface area contributed by atoms with Gasteiger partial charge in [0.15, 0.2) is 0 Å². The standard InChI is InChI=1S/C31H45N3O6S2.CH2O2/c1-22(16-17-34(5)6)14-15-24(3)19-27-20-29-32-26(21-41-29)11-9-12-28(33-42(7,37)38)31(36)39-25(4)18-23(2)10-8-13-30(35)40-27;2-1-3/h8,10,13-16,19,21,25,27-28,33H,9,11-12,17-18,20H2,1-7H3;1H,(H,2,3)/p-1/b13-8-,15-14+,22-16+,23-10+,24-19+;/t25-,27+,28-;/m0./s1. The number of carboxylic acid groups (broad SMARTS) is 1. The van der Waals surface area contributed by atoms with E-state index in [1.165, 1.54) is 17.4 Å². The number of cyclic esters (lactones) is 2. The molecular formula is C32H46N3O8S2-. The lowest BCUT2D eigenvalue weighted by atomic mass is 10.1. The van der Waals surface area contributed by atoms with Gasteiger partial charge in [0.05, 0.1) is 17.0 Å². The minimum Gasteiger partial charge on any atom is -0.554 e. The molecule has 0 unspecified atom stereocenters. The Morgan fingerprint density at radius 1 is 1.18 bits per heavy atom. The van der Waals surface area contributed by atoms with Gasteiger partial charge >= 0.3 is 11.9 Å². The molecule has 0 saturated carbocycles. The maximum atomic E-state index is 12.8. The molecule has 0 saturated heterocycles. The fourth-order valence-corrected chi connectivity index (χ4v) is 5.77. The van der Waals surface area contributed by atoms with E-state index >= 15 is 0 Å².